The van der Waals surface area contributed by atoms with E-state index < -0.39 is 131 Å². The van der Waals surface area contributed by atoms with E-state index in [-0.39, 0.29) is 185 Å². The van der Waals surface area contributed by atoms with Crippen LogP contribution < -0.4 is 0 Å². The highest BCUT2D eigenvalue weighted by Gasteiger charge is 2.76. The monoisotopic (exact) mass is 1450 g/mol. The van der Waals surface area contributed by atoms with Crippen molar-refractivity contribution in [2.45, 2.75) is 162 Å². The first kappa shape index (κ1) is 82.2. The van der Waals surface area contributed by atoms with E-state index in [1.54, 1.807) is 6.55 Å². The summed E-state index contributed by atoms with van der Waals surface area (Å²) in [6.45, 7) is 40.3. The Labute approximate surface area is 554 Å². The third kappa shape index (κ3) is 28.3. The number of rotatable bonds is 42. The standard InChI is InChI=1S/C57H94O28Si8/c1-42(2)50(58)68-26-18-34-86(66)76-89(37-21-29-71-53(61)45(7)8)81-91(39-23-31-73-55(63)47(11)12)78-87(17,35-19-27-69-51(59)43(3)4)77-90(38-22-30-72-54(62)46(9)10)79-88(67,36-20-28-70-52(60)44(5)6)80-92(82-89,40-24-32-74-56(64)48(13)14)85-93(83-90,84-91)41-25-33-75-57(65)49(15)16/h66-67,86H,1,3,5,7,9,11,13,15,18-41H2,2,4,6,8,10,12,14,16-17H3. The molecule has 0 spiro atoms. The molecule has 3 saturated heterocycles. The number of ether oxygens (including phenoxy) is 8. The molecule has 0 aromatic carbocycles. The average Bonchev–Trinajstić information content (AvgIpc) is 0.714. The zero-order valence-electron chi connectivity index (χ0n) is 55.2. The van der Waals surface area contributed by atoms with Crippen LogP contribution in [0.2, 0.25) is 54.9 Å². The van der Waals surface area contributed by atoms with Gasteiger partial charge in [-0.2, -0.15) is 0 Å². The molecule has 0 aromatic heterocycles. The number of hydrogen-bond acceptors (Lipinski definition) is 28. The van der Waals surface area contributed by atoms with Gasteiger partial charge in [0.05, 0.1) is 52.9 Å². The van der Waals surface area contributed by atoms with Crippen molar-refractivity contribution < 1.29 is 127 Å². The lowest BCUT2D eigenvalue weighted by atomic mass is 10.4. The number of fused-ring (bicyclic) bond motifs is 3. The summed E-state index contributed by atoms with van der Waals surface area (Å²) in [7, 11) is -38.7. The van der Waals surface area contributed by atoms with Gasteiger partial charge in [-0.05, 0) is 125 Å². The SMILES string of the molecule is C=C(C)C(=O)OCCC[SiH](O)O[Si]1(CCCOC(=O)C(=C)C)O[Si]2(CCCOC(=O)C(=C)C)O[Si](C)(CCCOC(=O)C(=C)C)O[Si]3(CCCOC(=O)C(=C)C)O[Si](O)(CCCOC(=O)C(=C)C)O[Si](CCCOC(=O)C(=C)C)(O1)O[Si](CCCOC(=O)C(=C)C)(O3)O2. The Kier molecular flexibility index (Phi) is 33.6. The minimum Gasteiger partial charge on any atom is -0.462 e. The lowest BCUT2D eigenvalue weighted by Crippen LogP contribution is -2.82. The summed E-state index contributed by atoms with van der Waals surface area (Å²) in [5, 5.41) is 0. The first-order valence-corrected chi connectivity index (χ1v) is 46.3. The van der Waals surface area contributed by atoms with E-state index >= 15 is 0 Å². The van der Waals surface area contributed by atoms with Crippen LogP contribution in [0.1, 0.15) is 107 Å². The van der Waals surface area contributed by atoms with Gasteiger partial charge in [0, 0.05) is 80.8 Å². The highest BCUT2D eigenvalue weighted by Crippen LogP contribution is 2.49. The molecule has 522 valence electrons. The van der Waals surface area contributed by atoms with Gasteiger partial charge in [0.1, 0.15) is 0 Å². The molecular formula is C57H94O28Si8. The number of carbonyl (C=O) groups excluding carboxylic acids is 8. The van der Waals surface area contributed by atoms with Crippen LogP contribution in [0.4, 0.5) is 0 Å². The molecule has 3 aliphatic rings. The summed E-state index contributed by atoms with van der Waals surface area (Å²) in [6, 6.07) is -2.45. The Morgan fingerprint density at radius 3 is 0.839 bits per heavy atom. The fourth-order valence-corrected chi connectivity index (χ4v) is 51.4. The smallest absolute Gasteiger partial charge is 0.462 e. The summed E-state index contributed by atoms with van der Waals surface area (Å²) in [6.07, 6.45) is -0.790. The van der Waals surface area contributed by atoms with Crippen molar-refractivity contribution in [1.82, 2.24) is 0 Å². The van der Waals surface area contributed by atoms with Crippen LogP contribution in [-0.2, 0) is 117 Å². The van der Waals surface area contributed by atoms with Crippen LogP contribution in [0.3, 0.4) is 0 Å². The first-order chi connectivity index (χ1) is 43.4. The summed E-state index contributed by atoms with van der Waals surface area (Å²) in [5.74, 6) is -5.87. The van der Waals surface area contributed by atoms with Crippen molar-refractivity contribution in [3.05, 3.63) is 97.2 Å². The van der Waals surface area contributed by atoms with Gasteiger partial charge in [-0.15, -0.1) is 0 Å². The molecule has 36 heteroatoms. The van der Waals surface area contributed by atoms with Gasteiger partial charge >= 0.3 is 118 Å². The molecule has 3 rings (SSSR count). The van der Waals surface area contributed by atoms with Crippen LogP contribution in [0.5, 0.6) is 0 Å². The van der Waals surface area contributed by atoms with Crippen molar-refractivity contribution in [3.63, 3.8) is 0 Å². The normalized spacial score (nSPS) is 25.1. The molecule has 3 heterocycles. The second kappa shape index (κ2) is 38.0. The first-order valence-electron chi connectivity index (χ1n) is 30.4. The zero-order chi connectivity index (χ0) is 70.0. The molecule has 8 atom stereocenters. The minimum absolute atomic E-state index is 0.0137. The van der Waals surface area contributed by atoms with Crippen LogP contribution >= 0.6 is 0 Å². The fraction of sp³-hybridized carbons (Fsp3) is 0.579. The second-order valence-electron chi connectivity index (χ2n) is 22.9. The molecule has 28 nitrogen and oxygen atoms in total. The maximum absolute atomic E-state index is 13.7. The molecule has 3 fully saturated rings. The highest BCUT2D eigenvalue weighted by atomic mass is 28.6. The van der Waals surface area contributed by atoms with Crippen LogP contribution in [0.15, 0.2) is 97.2 Å². The molecule has 0 radical (unpaired) electrons. The Morgan fingerprint density at radius 2 is 0.548 bits per heavy atom. The summed E-state index contributed by atoms with van der Waals surface area (Å²) >= 11 is 0. The van der Waals surface area contributed by atoms with E-state index in [0.717, 1.165) is 0 Å². The van der Waals surface area contributed by atoms with Gasteiger partial charge in [0.25, 0.3) is 0 Å². The Bertz CT molecular complexity index is 2640. The Morgan fingerprint density at radius 1 is 0.323 bits per heavy atom. The molecule has 0 aromatic rings. The van der Waals surface area contributed by atoms with Crippen molar-refractivity contribution in [2.24, 2.45) is 0 Å². The molecule has 0 aliphatic carbocycles. The predicted octanol–water partition coefficient (Wildman–Crippen LogP) is 7.18. The third-order valence-electron chi connectivity index (χ3n) is 13.0. The summed E-state index contributed by atoms with van der Waals surface area (Å²) in [4.78, 5) is 129. The van der Waals surface area contributed by atoms with Crippen molar-refractivity contribution >= 4 is 118 Å². The number of carbonyl (C=O) groups is 8. The predicted molar refractivity (Wildman–Crippen MR) is 350 cm³/mol. The topological polar surface area (TPSA) is 343 Å². The molecule has 93 heavy (non-hydrogen) atoms. The van der Waals surface area contributed by atoms with Crippen molar-refractivity contribution in [3.8, 4) is 0 Å². The zero-order valence-corrected chi connectivity index (χ0v) is 63.4. The molecule has 3 aliphatic heterocycles. The largest absolute Gasteiger partial charge is 0.483 e. The Hall–Kier alpha value is -5.06. The van der Waals surface area contributed by atoms with Gasteiger partial charge in [-0.25, -0.2) is 38.4 Å². The van der Waals surface area contributed by atoms with Crippen molar-refractivity contribution in [1.29, 1.82) is 0 Å². The average molecular weight is 1450 g/mol. The maximum atomic E-state index is 13.7. The van der Waals surface area contributed by atoms with E-state index in [0.29, 0.717) is 0 Å². The molecule has 4 bridgehead atoms. The van der Waals surface area contributed by atoms with Crippen LogP contribution in [0.25, 0.3) is 0 Å². The van der Waals surface area contributed by atoms with E-state index in [2.05, 4.69) is 52.6 Å². The molecule has 0 saturated carbocycles. The van der Waals surface area contributed by atoms with Crippen LogP contribution in [-0.4, -0.2) is 181 Å². The van der Waals surface area contributed by atoms with Crippen molar-refractivity contribution in [2.75, 3.05) is 52.9 Å². The molecule has 0 amide bonds. The molecule has 8 unspecified atom stereocenters. The van der Waals surface area contributed by atoms with Gasteiger partial charge in [-0.1, -0.05) is 52.6 Å². The quantitative estimate of drug-likeness (QED) is 0.0201. The van der Waals surface area contributed by atoms with E-state index in [1.165, 1.54) is 55.4 Å². The second-order valence-corrected chi connectivity index (χ2v) is 46.8. The number of hydrogen-bond donors (Lipinski definition) is 2. The van der Waals surface area contributed by atoms with Gasteiger partial charge in [0.2, 0.25) is 0 Å². The van der Waals surface area contributed by atoms with Gasteiger partial charge in [-0.3, -0.25) is 0 Å². The lowest BCUT2D eigenvalue weighted by molar-refractivity contribution is -0.139. The molecular weight excluding hydrogens is 1360 g/mol. The summed E-state index contributed by atoms with van der Waals surface area (Å²) < 4.78 is 119. The highest BCUT2D eigenvalue weighted by molar-refractivity contribution is 6.99. The molecule has 2 N–H and O–H groups in total. The third-order valence-corrected chi connectivity index (χ3v) is 47.0. The fourth-order valence-electron chi connectivity index (χ4n) is 8.63. The summed E-state index contributed by atoms with van der Waals surface area (Å²) in [5.41, 5.74) is 0.687. The van der Waals surface area contributed by atoms with Gasteiger partial charge in [0.15, 0.2) is 0 Å². The Balaban J connectivity index is 2.72. The van der Waals surface area contributed by atoms with E-state index in [4.69, 9.17) is 79.0 Å². The van der Waals surface area contributed by atoms with Gasteiger partial charge < -0.3 is 88.6 Å². The lowest BCUT2D eigenvalue weighted by Gasteiger charge is -2.58. The van der Waals surface area contributed by atoms with Crippen LogP contribution in [0, 0.1) is 0 Å². The van der Waals surface area contributed by atoms with E-state index in [1.807, 2.05) is 0 Å². The maximum Gasteiger partial charge on any atom is 0.483 e. The van der Waals surface area contributed by atoms with E-state index in [9.17, 15) is 47.9 Å². The number of esters is 8. The minimum atomic E-state index is -5.25.